The van der Waals surface area contributed by atoms with Crippen LogP contribution in [0.4, 0.5) is 14.3 Å². The summed E-state index contributed by atoms with van der Waals surface area (Å²) in [6, 6.07) is 6.33. The van der Waals surface area contributed by atoms with Crippen molar-refractivity contribution < 1.29 is 9.18 Å². The lowest BCUT2D eigenvalue weighted by Crippen LogP contribution is -2.33. The zero-order valence-electron chi connectivity index (χ0n) is 11.9. The SMILES string of the molecule is Cc1csc(N2C[C@H](C)N(Cc3ccc(F)cc3)C2=O)n1. The van der Waals surface area contributed by atoms with Gasteiger partial charge >= 0.3 is 6.03 Å². The molecular weight excluding hydrogens is 289 g/mol. The van der Waals surface area contributed by atoms with E-state index < -0.39 is 0 Å². The first-order valence-electron chi connectivity index (χ1n) is 6.79. The van der Waals surface area contributed by atoms with Crippen molar-refractivity contribution >= 4 is 22.5 Å². The average Bonchev–Trinajstić information content (AvgIpc) is 2.99. The van der Waals surface area contributed by atoms with Crippen LogP contribution in [-0.4, -0.2) is 28.5 Å². The summed E-state index contributed by atoms with van der Waals surface area (Å²) >= 11 is 1.48. The number of hydrogen-bond acceptors (Lipinski definition) is 3. The highest BCUT2D eigenvalue weighted by Gasteiger charge is 2.36. The highest BCUT2D eigenvalue weighted by Crippen LogP contribution is 2.27. The Kier molecular flexibility index (Phi) is 3.63. The summed E-state index contributed by atoms with van der Waals surface area (Å²) in [4.78, 5) is 20.4. The molecule has 3 rings (SSSR count). The molecule has 0 spiro atoms. The van der Waals surface area contributed by atoms with E-state index in [-0.39, 0.29) is 17.9 Å². The van der Waals surface area contributed by atoms with Gasteiger partial charge in [-0.2, -0.15) is 0 Å². The van der Waals surface area contributed by atoms with Crippen molar-refractivity contribution in [1.29, 1.82) is 0 Å². The molecular formula is C15H16FN3OS. The van der Waals surface area contributed by atoms with E-state index in [1.165, 1.54) is 23.5 Å². The Morgan fingerprint density at radius 3 is 2.71 bits per heavy atom. The molecule has 2 heterocycles. The minimum Gasteiger partial charge on any atom is -0.315 e. The van der Waals surface area contributed by atoms with Crippen LogP contribution in [0.25, 0.3) is 0 Å². The minimum atomic E-state index is -0.264. The molecule has 2 aromatic rings. The normalized spacial score (nSPS) is 18.6. The number of carbonyl (C=O) groups excluding carboxylic acids is 1. The zero-order chi connectivity index (χ0) is 15.0. The van der Waals surface area contributed by atoms with E-state index in [0.717, 1.165) is 16.4 Å². The molecule has 1 fully saturated rings. The van der Waals surface area contributed by atoms with Crippen molar-refractivity contribution in [2.45, 2.75) is 26.4 Å². The molecule has 110 valence electrons. The fraction of sp³-hybridized carbons (Fsp3) is 0.333. The van der Waals surface area contributed by atoms with E-state index in [1.54, 1.807) is 21.9 Å². The van der Waals surface area contributed by atoms with Crippen LogP contribution in [0.1, 0.15) is 18.2 Å². The lowest BCUT2D eigenvalue weighted by molar-refractivity contribution is 0.206. The third kappa shape index (κ3) is 2.76. The maximum Gasteiger partial charge on any atom is 0.326 e. The Bertz CT molecular complexity index is 655. The van der Waals surface area contributed by atoms with Crippen LogP contribution in [-0.2, 0) is 6.54 Å². The number of amides is 2. The molecule has 1 saturated heterocycles. The number of carbonyl (C=O) groups is 1. The Balaban J connectivity index is 1.77. The van der Waals surface area contributed by atoms with Gasteiger partial charge in [-0.3, -0.25) is 4.90 Å². The number of thiazole rings is 1. The quantitative estimate of drug-likeness (QED) is 0.871. The zero-order valence-corrected chi connectivity index (χ0v) is 12.7. The van der Waals surface area contributed by atoms with E-state index >= 15 is 0 Å². The smallest absolute Gasteiger partial charge is 0.315 e. The van der Waals surface area contributed by atoms with Gasteiger partial charge < -0.3 is 4.90 Å². The van der Waals surface area contributed by atoms with E-state index in [9.17, 15) is 9.18 Å². The molecule has 1 aliphatic heterocycles. The second kappa shape index (κ2) is 5.44. The van der Waals surface area contributed by atoms with Gasteiger partial charge in [0.05, 0.1) is 12.2 Å². The van der Waals surface area contributed by atoms with E-state index in [0.29, 0.717) is 13.1 Å². The van der Waals surface area contributed by atoms with Crippen molar-refractivity contribution in [3.63, 3.8) is 0 Å². The second-order valence-corrected chi connectivity index (χ2v) is 6.10. The molecule has 0 unspecified atom stereocenters. The highest BCUT2D eigenvalue weighted by atomic mass is 32.1. The number of benzene rings is 1. The van der Waals surface area contributed by atoms with Crippen LogP contribution in [0.2, 0.25) is 0 Å². The number of rotatable bonds is 3. The van der Waals surface area contributed by atoms with E-state index in [1.807, 2.05) is 19.2 Å². The molecule has 21 heavy (non-hydrogen) atoms. The van der Waals surface area contributed by atoms with Gasteiger partial charge in [-0.15, -0.1) is 11.3 Å². The van der Waals surface area contributed by atoms with Crippen LogP contribution in [0.15, 0.2) is 29.6 Å². The van der Waals surface area contributed by atoms with Crippen LogP contribution in [0.3, 0.4) is 0 Å². The standard InChI is InChI=1S/C15H16FN3OS/c1-10-9-21-14(17-10)19-7-11(2)18(15(19)20)8-12-3-5-13(16)6-4-12/h3-6,9,11H,7-8H2,1-2H3/t11-/m0/s1. The third-order valence-corrected chi connectivity index (χ3v) is 4.54. The van der Waals surface area contributed by atoms with Crippen LogP contribution < -0.4 is 4.90 Å². The third-order valence-electron chi connectivity index (χ3n) is 3.56. The second-order valence-electron chi connectivity index (χ2n) is 5.27. The number of aryl methyl sites for hydroxylation is 1. The summed E-state index contributed by atoms with van der Waals surface area (Å²) in [6.45, 7) is 5.05. The molecule has 0 bridgehead atoms. The first-order valence-corrected chi connectivity index (χ1v) is 7.67. The van der Waals surface area contributed by atoms with Crippen molar-refractivity contribution in [3.05, 3.63) is 46.7 Å². The van der Waals surface area contributed by atoms with Gasteiger partial charge in [0.1, 0.15) is 5.82 Å². The molecule has 1 aromatic carbocycles. The maximum atomic E-state index is 12.9. The van der Waals surface area contributed by atoms with Crippen molar-refractivity contribution in [2.24, 2.45) is 0 Å². The molecule has 6 heteroatoms. The summed E-state index contributed by atoms with van der Waals surface area (Å²) in [5, 5.41) is 2.68. The molecule has 0 radical (unpaired) electrons. The highest BCUT2D eigenvalue weighted by molar-refractivity contribution is 7.14. The van der Waals surface area contributed by atoms with Gasteiger partial charge in [0, 0.05) is 18.0 Å². The summed E-state index contributed by atoms with van der Waals surface area (Å²) in [6.07, 6.45) is 0. The van der Waals surface area contributed by atoms with Gasteiger partial charge in [0.25, 0.3) is 0 Å². The van der Waals surface area contributed by atoms with Crippen molar-refractivity contribution in [3.8, 4) is 0 Å². The van der Waals surface area contributed by atoms with Crippen LogP contribution >= 0.6 is 11.3 Å². The molecule has 2 amide bonds. The van der Waals surface area contributed by atoms with Gasteiger partial charge in [-0.1, -0.05) is 12.1 Å². The molecule has 4 nitrogen and oxygen atoms in total. The molecule has 0 saturated carbocycles. The predicted octanol–water partition coefficient (Wildman–Crippen LogP) is 3.42. The molecule has 0 aliphatic carbocycles. The Morgan fingerprint density at radius 2 is 2.10 bits per heavy atom. The predicted molar refractivity (Wildman–Crippen MR) is 81.0 cm³/mol. The van der Waals surface area contributed by atoms with Crippen molar-refractivity contribution in [1.82, 2.24) is 9.88 Å². The van der Waals surface area contributed by atoms with Crippen molar-refractivity contribution in [2.75, 3.05) is 11.4 Å². The Labute approximate surface area is 126 Å². The Hall–Kier alpha value is -1.95. The van der Waals surface area contributed by atoms with E-state index in [4.69, 9.17) is 0 Å². The lowest BCUT2D eigenvalue weighted by atomic mass is 10.2. The van der Waals surface area contributed by atoms with Gasteiger partial charge in [-0.05, 0) is 31.5 Å². The van der Waals surface area contributed by atoms with Gasteiger partial charge in [0.2, 0.25) is 0 Å². The number of halogens is 1. The number of aromatic nitrogens is 1. The minimum absolute atomic E-state index is 0.0406. The molecule has 1 atom stereocenters. The topological polar surface area (TPSA) is 36.4 Å². The summed E-state index contributed by atoms with van der Waals surface area (Å²) < 4.78 is 12.9. The molecule has 1 aromatic heterocycles. The summed E-state index contributed by atoms with van der Waals surface area (Å²) in [5.41, 5.74) is 1.85. The first-order chi connectivity index (χ1) is 10.0. The molecule has 0 N–H and O–H groups in total. The van der Waals surface area contributed by atoms with Crippen LogP contribution in [0, 0.1) is 12.7 Å². The number of hydrogen-bond donors (Lipinski definition) is 0. The van der Waals surface area contributed by atoms with Gasteiger partial charge in [0.15, 0.2) is 5.13 Å². The number of nitrogens with zero attached hydrogens (tertiary/aromatic N) is 3. The molecule has 1 aliphatic rings. The van der Waals surface area contributed by atoms with E-state index in [2.05, 4.69) is 4.98 Å². The van der Waals surface area contributed by atoms with Gasteiger partial charge in [-0.25, -0.2) is 14.2 Å². The Morgan fingerprint density at radius 1 is 1.38 bits per heavy atom. The fourth-order valence-corrected chi connectivity index (χ4v) is 3.23. The van der Waals surface area contributed by atoms with Crippen LogP contribution in [0.5, 0.6) is 0 Å². The monoisotopic (exact) mass is 305 g/mol. The first kappa shape index (κ1) is 14.0. The fourth-order valence-electron chi connectivity index (χ4n) is 2.42. The number of anilines is 1. The largest absolute Gasteiger partial charge is 0.326 e. The average molecular weight is 305 g/mol. The maximum absolute atomic E-state index is 12.9. The lowest BCUT2D eigenvalue weighted by Gasteiger charge is -2.20. The summed E-state index contributed by atoms with van der Waals surface area (Å²) in [5.74, 6) is -0.264. The summed E-state index contributed by atoms with van der Waals surface area (Å²) in [7, 11) is 0. The number of urea groups is 1.